The average Bonchev–Trinajstić information content (AvgIpc) is 2.30. The summed E-state index contributed by atoms with van der Waals surface area (Å²) in [5, 5.41) is 8.73. The molecule has 0 saturated carbocycles. The lowest BCUT2D eigenvalue weighted by Crippen LogP contribution is -2.16. The minimum Gasteiger partial charge on any atom is -0.492 e. The predicted molar refractivity (Wildman–Crippen MR) is 67.6 cm³/mol. The number of para-hydroxylation sites is 1. The monoisotopic (exact) mass is 272 g/mol. The van der Waals surface area contributed by atoms with Crippen LogP contribution in [0.4, 0.5) is 0 Å². The van der Waals surface area contributed by atoms with Crippen molar-refractivity contribution < 1.29 is 23.1 Å². The van der Waals surface area contributed by atoms with Gasteiger partial charge < -0.3 is 9.84 Å². The van der Waals surface area contributed by atoms with Gasteiger partial charge >= 0.3 is 5.97 Å². The van der Waals surface area contributed by atoms with Crippen LogP contribution >= 0.6 is 0 Å². The lowest BCUT2D eigenvalue weighted by molar-refractivity contribution is -0.136. The molecule has 6 heteroatoms. The van der Waals surface area contributed by atoms with Crippen molar-refractivity contribution in [1.82, 2.24) is 0 Å². The first-order valence-corrected chi connectivity index (χ1v) is 7.39. The maximum atomic E-state index is 11.3. The van der Waals surface area contributed by atoms with Crippen LogP contribution in [0.2, 0.25) is 0 Å². The lowest BCUT2D eigenvalue weighted by Gasteiger charge is -2.10. The van der Waals surface area contributed by atoms with Crippen molar-refractivity contribution >= 4 is 15.8 Å². The Hall–Kier alpha value is -1.56. The third-order valence-corrected chi connectivity index (χ3v) is 4.07. The molecule has 0 aliphatic heterocycles. The van der Waals surface area contributed by atoms with E-state index in [0.717, 1.165) is 0 Å². The number of carbonyl (C=O) groups is 1. The second-order valence-electron chi connectivity index (χ2n) is 3.76. The second kappa shape index (κ2) is 6.39. The minimum atomic E-state index is -3.07. The highest BCUT2D eigenvalue weighted by Gasteiger charge is 2.10. The molecule has 0 amide bonds. The van der Waals surface area contributed by atoms with E-state index < -0.39 is 15.8 Å². The van der Waals surface area contributed by atoms with Gasteiger partial charge in [0.25, 0.3) is 0 Å². The molecule has 5 nitrogen and oxygen atoms in total. The highest BCUT2D eigenvalue weighted by Crippen LogP contribution is 2.18. The van der Waals surface area contributed by atoms with Gasteiger partial charge in [-0.2, -0.15) is 0 Å². The summed E-state index contributed by atoms with van der Waals surface area (Å²) in [6, 6.07) is 6.72. The number of ether oxygens (including phenoxy) is 1. The number of hydrogen-bond acceptors (Lipinski definition) is 4. The van der Waals surface area contributed by atoms with Crippen molar-refractivity contribution in [2.45, 2.75) is 13.3 Å². The van der Waals surface area contributed by atoms with E-state index >= 15 is 0 Å². The third kappa shape index (κ3) is 4.75. The number of hydrogen-bond donors (Lipinski definition) is 1. The molecule has 0 bridgehead atoms. The maximum absolute atomic E-state index is 11.3. The Morgan fingerprint density at radius 2 is 2.00 bits per heavy atom. The van der Waals surface area contributed by atoms with E-state index in [9.17, 15) is 13.2 Å². The van der Waals surface area contributed by atoms with Gasteiger partial charge in [-0.1, -0.05) is 25.1 Å². The number of carboxylic acids is 1. The molecule has 0 radical (unpaired) electrons. The van der Waals surface area contributed by atoms with E-state index in [4.69, 9.17) is 9.84 Å². The number of aliphatic carboxylic acids is 1. The molecule has 0 aliphatic rings. The summed E-state index contributed by atoms with van der Waals surface area (Å²) in [5.41, 5.74) is 0.541. The van der Waals surface area contributed by atoms with Gasteiger partial charge in [-0.25, -0.2) is 8.42 Å². The van der Waals surface area contributed by atoms with Crippen LogP contribution in [0.25, 0.3) is 0 Å². The summed E-state index contributed by atoms with van der Waals surface area (Å²) in [6.07, 6.45) is -0.142. The fourth-order valence-electron chi connectivity index (χ4n) is 1.38. The van der Waals surface area contributed by atoms with Gasteiger partial charge in [-0.3, -0.25) is 4.79 Å². The van der Waals surface area contributed by atoms with Crippen LogP contribution in [0.15, 0.2) is 24.3 Å². The lowest BCUT2D eigenvalue weighted by atomic mass is 10.1. The molecular weight excluding hydrogens is 256 g/mol. The van der Waals surface area contributed by atoms with Crippen LogP contribution in [-0.4, -0.2) is 37.6 Å². The molecule has 1 rings (SSSR count). The van der Waals surface area contributed by atoms with Crippen molar-refractivity contribution in [2.75, 3.05) is 18.1 Å². The Morgan fingerprint density at radius 1 is 1.33 bits per heavy atom. The molecule has 0 aromatic heterocycles. The third-order valence-electron chi connectivity index (χ3n) is 2.41. The first-order valence-electron chi connectivity index (χ1n) is 5.57. The highest BCUT2D eigenvalue weighted by molar-refractivity contribution is 7.91. The van der Waals surface area contributed by atoms with E-state index in [1.807, 2.05) is 0 Å². The number of rotatable bonds is 7. The summed E-state index contributed by atoms with van der Waals surface area (Å²) in [7, 11) is -3.07. The second-order valence-corrected chi connectivity index (χ2v) is 6.24. The average molecular weight is 272 g/mol. The molecule has 1 N–H and O–H groups in total. The fraction of sp³-hybridized carbons (Fsp3) is 0.417. The highest BCUT2D eigenvalue weighted by atomic mass is 32.2. The summed E-state index contributed by atoms with van der Waals surface area (Å²) in [5.74, 6) is -0.517. The van der Waals surface area contributed by atoms with Crippen molar-refractivity contribution in [2.24, 2.45) is 0 Å². The summed E-state index contributed by atoms with van der Waals surface area (Å²) in [4.78, 5) is 10.6. The Balaban J connectivity index is 2.64. The molecule has 0 fully saturated rings. The molecule has 0 aliphatic carbocycles. The number of benzene rings is 1. The molecule has 0 unspecified atom stereocenters. The topological polar surface area (TPSA) is 80.7 Å². The Kier molecular flexibility index (Phi) is 5.15. The van der Waals surface area contributed by atoms with E-state index in [1.54, 1.807) is 31.2 Å². The van der Waals surface area contributed by atoms with Gasteiger partial charge in [0, 0.05) is 11.3 Å². The molecule has 0 saturated heterocycles. The Morgan fingerprint density at radius 3 is 2.61 bits per heavy atom. The van der Waals surface area contributed by atoms with Crippen LogP contribution in [-0.2, 0) is 21.1 Å². The number of sulfone groups is 1. The van der Waals surface area contributed by atoms with Gasteiger partial charge in [0.15, 0.2) is 9.84 Å². The van der Waals surface area contributed by atoms with Crippen LogP contribution in [0, 0.1) is 0 Å². The molecule has 0 heterocycles. The van der Waals surface area contributed by atoms with Crippen LogP contribution in [0.5, 0.6) is 5.75 Å². The molecule has 0 atom stereocenters. The zero-order valence-corrected chi connectivity index (χ0v) is 10.9. The standard InChI is InChI=1S/C12H16O5S/c1-2-18(15,16)8-7-17-11-6-4-3-5-10(11)9-12(13)14/h3-6H,2,7-9H2,1H3,(H,13,14). The minimum absolute atomic E-state index is 0.0345. The summed E-state index contributed by atoms with van der Waals surface area (Å²) in [6.45, 7) is 1.61. The van der Waals surface area contributed by atoms with Gasteiger partial charge in [0.05, 0.1) is 12.2 Å². The molecule has 0 spiro atoms. The van der Waals surface area contributed by atoms with E-state index in [0.29, 0.717) is 11.3 Å². The fourth-order valence-corrected chi connectivity index (χ4v) is 2.00. The smallest absolute Gasteiger partial charge is 0.307 e. The van der Waals surface area contributed by atoms with Crippen molar-refractivity contribution in [3.63, 3.8) is 0 Å². The van der Waals surface area contributed by atoms with Crippen LogP contribution in [0.3, 0.4) is 0 Å². The van der Waals surface area contributed by atoms with Crippen molar-refractivity contribution in [3.8, 4) is 5.75 Å². The van der Waals surface area contributed by atoms with E-state index in [1.165, 1.54) is 0 Å². The van der Waals surface area contributed by atoms with Crippen LogP contribution < -0.4 is 4.74 Å². The summed E-state index contributed by atoms with van der Waals surface area (Å²) >= 11 is 0. The Bertz CT molecular complexity index is 507. The molecule has 1 aromatic rings. The SMILES string of the molecule is CCS(=O)(=O)CCOc1ccccc1CC(=O)O. The molecule has 1 aromatic carbocycles. The van der Waals surface area contributed by atoms with Gasteiger partial charge in [0.2, 0.25) is 0 Å². The normalized spacial score (nSPS) is 11.2. The zero-order chi connectivity index (χ0) is 13.6. The van der Waals surface area contributed by atoms with Crippen molar-refractivity contribution in [3.05, 3.63) is 29.8 Å². The first-order chi connectivity index (χ1) is 8.44. The quantitative estimate of drug-likeness (QED) is 0.804. The zero-order valence-electron chi connectivity index (χ0n) is 10.1. The number of carboxylic acid groups (broad SMARTS) is 1. The predicted octanol–water partition coefficient (Wildman–Crippen LogP) is 1.13. The maximum Gasteiger partial charge on any atom is 0.307 e. The molecular formula is C12H16O5S. The van der Waals surface area contributed by atoms with Gasteiger partial charge in [0.1, 0.15) is 12.4 Å². The van der Waals surface area contributed by atoms with E-state index in [2.05, 4.69) is 0 Å². The summed E-state index contributed by atoms with van der Waals surface area (Å²) < 4.78 is 27.9. The largest absolute Gasteiger partial charge is 0.492 e. The van der Waals surface area contributed by atoms with Gasteiger partial charge in [-0.15, -0.1) is 0 Å². The van der Waals surface area contributed by atoms with E-state index in [-0.39, 0.29) is 24.5 Å². The van der Waals surface area contributed by atoms with Crippen LogP contribution in [0.1, 0.15) is 12.5 Å². The Labute approximate surface area is 106 Å². The molecule has 100 valence electrons. The first kappa shape index (κ1) is 14.5. The van der Waals surface area contributed by atoms with Gasteiger partial charge in [-0.05, 0) is 6.07 Å². The van der Waals surface area contributed by atoms with Crippen molar-refractivity contribution in [1.29, 1.82) is 0 Å². The molecule has 18 heavy (non-hydrogen) atoms.